The van der Waals surface area contributed by atoms with E-state index in [0.717, 1.165) is 25.0 Å². The smallest absolute Gasteiger partial charge is 0.307 e. The molecule has 2 aromatic rings. The van der Waals surface area contributed by atoms with E-state index in [2.05, 4.69) is 5.10 Å². The minimum Gasteiger partial charge on any atom is -0.481 e. The summed E-state index contributed by atoms with van der Waals surface area (Å²) < 4.78 is 14.9. The number of piperidine rings is 1. The van der Waals surface area contributed by atoms with Gasteiger partial charge in [-0.3, -0.25) is 9.59 Å². The van der Waals surface area contributed by atoms with Crippen molar-refractivity contribution in [2.75, 3.05) is 13.1 Å². The molecule has 2 aliphatic rings. The van der Waals surface area contributed by atoms with Crippen LogP contribution in [0.2, 0.25) is 0 Å². The van der Waals surface area contributed by atoms with E-state index in [0.29, 0.717) is 30.8 Å². The van der Waals surface area contributed by atoms with E-state index in [-0.39, 0.29) is 23.1 Å². The highest BCUT2D eigenvalue weighted by Gasteiger charge is 2.59. The van der Waals surface area contributed by atoms with Gasteiger partial charge in [-0.1, -0.05) is 6.92 Å². The van der Waals surface area contributed by atoms with Crippen molar-refractivity contribution in [3.05, 3.63) is 47.5 Å². The minimum atomic E-state index is -0.719. The maximum Gasteiger partial charge on any atom is 0.307 e. The molecule has 1 saturated carbocycles. The van der Waals surface area contributed by atoms with E-state index in [1.54, 1.807) is 27.9 Å². The predicted octanol–water partition coefficient (Wildman–Crippen LogP) is 2.90. The van der Waals surface area contributed by atoms with Gasteiger partial charge in [0, 0.05) is 13.1 Å². The van der Waals surface area contributed by atoms with Gasteiger partial charge in [-0.05, 0) is 55.4 Å². The third kappa shape index (κ3) is 3.01. The fourth-order valence-electron chi connectivity index (χ4n) is 4.27. The van der Waals surface area contributed by atoms with Crippen molar-refractivity contribution < 1.29 is 19.1 Å². The third-order valence-corrected chi connectivity index (χ3v) is 6.04. The number of carboxylic acids is 1. The summed E-state index contributed by atoms with van der Waals surface area (Å²) >= 11 is 0. The van der Waals surface area contributed by atoms with Crippen molar-refractivity contribution >= 4 is 11.9 Å². The van der Waals surface area contributed by atoms with Crippen LogP contribution in [0.4, 0.5) is 4.39 Å². The third-order valence-electron chi connectivity index (χ3n) is 6.04. The average molecular weight is 371 g/mol. The second-order valence-electron chi connectivity index (χ2n) is 7.50. The normalized spacial score (nSPS) is 20.7. The standard InChI is InChI=1S/C20H22FN3O3/c1-2-17-15(12-22-24(17)14-5-3-13(21)4-6-14)18(25)23-9-7-20(8-10-23)11-16(20)19(26)27/h3-6,12,16H,2,7-11H2,1H3,(H,26,27). The van der Waals surface area contributed by atoms with E-state index < -0.39 is 5.97 Å². The van der Waals surface area contributed by atoms with Crippen molar-refractivity contribution in [2.24, 2.45) is 11.3 Å². The van der Waals surface area contributed by atoms with Crippen LogP contribution in [0.5, 0.6) is 0 Å². The van der Waals surface area contributed by atoms with Crippen LogP contribution in [-0.2, 0) is 11.2 Å². The summed E-state index contributed by atoms with van der Waals surface area (Å²) in [5.74, 6) is -1.35. The number of nitrogens with zero attached hydrogens (tertiary/aromatic N) is 3. The van der Waals surface area contributed by atoms with Gasteiger partial charge in [0.25, 0.3) is 5.91 Å². The van der Waals surface area contributed by atoms with Crippen LogP contribution < -0.4 is 0 Å². The van der Waals surface area contributed by atoms with Gasteiger partial charge >= 0.3 is 5.97 Å². The van der Waals surface area contributed by atoms with Crippen molar-refractivity contribution in [3.63, 3.8) is 0 Å². The molecule has 1 saturated heterocycles. The quantitative estimate of drug-likeness (QED) is 0.897. The molecule has 2 heterocycles. The summed E-state index contributed by atoms with van der Waals surface area (Å²) in [6, 6.07) is 6.02. The van der Waals surface area contributed by atoms with Crippen LogP contribution in [0.1, 0.15) is 42.2 Å². The SMILES string of the molecule is CCc1c(C(=O)N2CCC3(CC2)CC3C(=O)O)cnn1-c1ccc(F)cc1. The lowest BCUT2D eigenvalue weighted by molar-refractivity contribution is -0.139. The van der Waals surface area contributed by atoms with Gasteiger partial charge in [0.05, 0.1) is 29.1 Å². The number of aromatic nitrogens is 2. The molecule has 2 fully saturated rings. The lowest BCUT2D eigenvalue weighted by atomic mass is 9.90. The Balaban J connectivity index is 1.51. The topological polar surface area (TPSA) is 75.4 Å². The van der Waals surface area contributed by atoms with E-state index in [4.69, 9.17) is 0 Å². The number of carbonyl (C=O) groups is 2. The monoisotopic (exact) mass is 371 g/mol. The fraction of sp³-hybridized carbons (Fsp3) is 0.450. The van der Waals surface area contributed by atoms with Gasteiger partial charge in [0.2, 0.25) is 0 Å². The predicted molar refractivity (Wildman–Crippen MR) is 96.2 cm³/mol. The lowest BCUT2D eigenvalue weighted by Crippen LogP contribution is -2.40. The Hall–Kier alpha value is -2.70. The second kappa shape index (κ2) is 6.48. The summed E-state index contributed by atoms with van der Waals surface area (Å²) in [4.78, 5) is 26.0. The summed E-state index contributed by atoms with van der Waals surface area (Å²) in [7, 11) is 0. The first-order valence-corrected chi connectivity index (χ1v) is 9.30. The van der Waals surface area contributed by atoms with Crippen molar-refractivity contribution in [1.29, 1.82) is 0 Å². The highest BCUT2D eigenvalue weighted by Crippen LogP contribution is 2.59. The highest BCUT2D eigenvalue weighted by molar-refractivity contribution is 5.95. The molecule has 6 nitrogen and oxygen atoms in total. The zero-order valence-corrected chi connectivity index (χ0v) is 15.2. The zero-order chi connectivity index (χ0) is 19.2. The molecule has 1 amide bonds. The van der Waals surface area contributed by atoms with Gasteiger partial charge in [-0.2, -0.15) is 5.10 Å². The number of hydrogen-bond acceptors (Lipinski definition) is 3. The van der Waals surface area contributed by atoms with Gasteiger partial charge in [0.15, 0.2) is 0 Å². The molecule has 1 aliphatic heterocycles. The highest BCUT2D eigenvalue weighted by atomic mass is 19.1. The van der Waals surface area contributed by atoms with Crippen LogP contribution in [-0.4, -0.2) is 44.8 Å². The molecule has 1 aromatic carbocycles. The zero-order valence-electron chi connectivity index (χ0n) is 15.2. The molecule has 1 aliphatic carbocycles. The first-order valence-electron chi connectivity index (χ1n) is 9.30. The molecular weight excluding hydrogens is 349 g/mol. The first kappa shape index (κ1) is 17.7. The summed E-state index contributed by atoms with van der Waals surface area (Å²) in [6.45, 7) is 3.11. The van der Waals surface area contributed by atoms with Crippen LogP contribution in [0.3, 0.4) is 0 Å². The summed E-state index contributed by atoms with van der Waals surface area (Å²) in [5, 5.41) is 13.6. The number of likely N-dealkylation sites (tertiary alicyclic amines) is 1. The molecule has 1 unspecified atom stereocenters. The molecule has 27 heavy (non-hydrogen) atoms. The first-order chi connectivity index (χ1) is 12.9. The number of hydrogen-bond donors (Lipinski definition) is 1. The van der Waals surface area contributed by atoms with Gasteiger partial charge in [-0.15, -0.1) is 0 Å². The van der Waals surface area contributed by atoms with Crippen molar-refractivity contribution in [1.82, 2.24) is 14.7 Å². The van der Waals surface area contributed by atoms with E-state index in [1.165, 1.54) is 12.1 Å². The Morgan fingerprint density at radius 1 is 1.26 bits per heavy atom. The maximum absolute atomic E-state index is 13.2. The molecule has 0 radical (unpaired) electrons. The lowest BCUT2D eigenvalue weighted by Gasteiger charge is -2.32. The van der Waals surface area contributed by atoms with Gasteiger partial charge in [0.1, 0.15) is 5.82 Å². The fourth-order valence-corrected chi connectivity index (χ4v) is 4.27. The molecular formula is C20H22FN3O3. The Morgan fingerprint density at radius 3 is 2.48 bits per heavy atom. The number of carboxylic acid groups (broad SMARTS) is 1. The van der Waals surface area contributed by atoms with Crippen LogP contribution in [0.25, 0.3) is 5.69 Å². The van der Waals surface area contributed by atoms with E-state index >= 15 is 0 Å². The molecule has 142 valence electrons. The Morgan fingerprint density at radius 2 is 1.93 bits per heavy atom. The molecule has 1 atom stereocenters. The van der Waals surface area contributed by atoms with Gasteiger partial charge < -0.3 is 10.0 Å². The van der Waals surface area contributed by atoms with Crippen LogP contribution in [0.15, 0.2) is 30.5 Å². The second-order valence-corrected chi connectivity index (χ2v) is 7.50. The number of rotatable bonds is 4. The summed E-state index contributed by atoms with van der Waals surface area (Å²) in [6.07, 6.45) is 4.41. The Labute approximate surface area is 156 Å². The molecule has 1 aromatic heterocycles. The molecule has 1 N–H and O–H groups in total. The molecule has 4 rings (SSSR count). The average Bonchev–Trinajstić information content (AvgIpc) is 3.20. The number of amides is 1. The number of halogens is 1. The number of aliphatic carboxylic acids is 1. The van der Waals surface area contributed by atoms with Crippen LogP contribution in [0, 0.1) is 17.2 Å². The van der Waals surface area contributed by atoms with Crippen molar-refractivity contribution in [3.8, 4) is 5.69 Å². The number of carbonyl (C=O) groups excluding carboxylic acids is 1. The molecule has 0 bridgehead atoms. The minimum absolute atomic E-state index is 0.0670. The molecule has 7 heteroatoms. The molecule has 1 spiro atoms. The Bertz CT molecular complexity index is 882. The van der Waals surface area contributed by atoms with E-state index in [9.17, 15) is 19.1 Å². The largest absolute Gasteiger partial charge is 0.481 e. The van der Waals surface area contributed by atoms with Gasteiger partial charge in [-0.25, -0.2) is 9.07 Å². The number of benzene rings is 1. The summed E-state index contributed by atoms with van der Waals surface area (Å²) in [5.41, 5.74) is 1.96. The Kier molecular flexibility index (Phi) is 4.25. The van der Waals surface area contributed by atoms with E-state index in [1.807, 2.05) is 6.92 Å². The maximum atomic E-state index is 13.2. The van der Waals surface area contributed by atoms with Crippen LogP contribution >= 0.6 is 0 Å². The van der Waals surface area contributed by atoms with Crippen molar-refractivity contribution in [2.45, 2.75) is 32.6 Å².